The summed E-state index contributed by atoms with van der Waals surface area (Å²) in [6, 6.07) is 18.3. The topological polar surface area (TPSA) is 35.5 Å². The normalized spacial score (nSPS) is 13.2. The Labute approximate surface area is 220 Å². The molecule has 0 aliphatic rings. The molecular weight excluding hydrogens is 446 g/mol. The van der Waals surface area contributed by atoms with Gasteiger partial charge in [0.2, 0.25) is 0 Å². The Bertz CT molecular complexity index is 865. The van der Waals surface area contributed by atoms with Gasteiger partial charge in [0.25, 0.3) is 0 Å². The molecule has 0 aliphatic carbocycles. The van der Waals surface area contributed by atoms with Crippen LogP contribution in [0.2, 0.25) is 0 Å². The van der Waals surface area contributed by atoms with E-state index < -0.39 is 0 Å². The highest BCUT2D eigenvalue weighted by atomic mass is 16.6. The van der Waals surface area contributed by atoms with Gasteiger partial charge in [-0.25, -0.2) is 4.79 Å². The number of benzene rings is 2. The third kappa shape index (κ3) is 10.7. The van der Waals surface area contributed by atoms with E-state index in [9.17, 15) is 4.79 Å². The number of aryl methyl sites for hydroxylation is 1. The third-order valence-corrected chi connectivity index (χ3v) is 7.26. The Balaban J connectivity index is 1.81. The van der Waals surface area contributed by atoms with Crippen LogP contribution in [0.1, 0.15) is 89.7 Å². The molecule has 4 heteroatoms. The largest absolute Gasteiger partial charge is 0.487 e. The van der Waals surface area contributed by atoms with Crippen LogP contribution in [0.15, 0.2) is 54.6 Å². The average molecular weight is 497 g/mol. The molecular formula is C32H50NO3+. The zero-order chi connectivity index (χ0) is 26.2. The second kappa shape index (κ2) is 16.4. The number of para-hydroxylation sites is 1. The summed E-state index contributed by atoms with van der Waals surface area (Å²) in [4.78, 5) is 12.9. The first kappa shape index (κ1) is 29.9. The van der Waals surface area contributed by atoms with Crippen molar-refractivity contribution in [3.05, 3.63) is 65.7 Å². The van der Waals surface area contributed by atoms with E-state index >= 15 is 0 Å². The summed E-state index contributed by atoms with van der Waals surface area (Å²) in [7, 11) is 4.16. The third-order valence-electron chi connectivity index (χ3n) is 7.26. The van der Waals surface area contributed by atoms with Crippen molar-refractivity contribution in [3.63, 3.8) is 0 Å². The van der Waals surface area contributed by atoms with Crippen molar-refractivity contribution in [1.29, 1.82) is 0 Å². The summed E-state index contributed by atoms with van der Waals surface area (Å²) in [6.07, 6.45) is 12.2. The minimum Gasteiger partial charge on any atom is -0.487 e. The molecule has 0 heterocycles. The van der Waals surface area contributed by atoms with Crippen LogP contribution in [-0.4, -0.2) is 43.3 Å². The maximum Gasteiger partial charge on any atom is 0.364 e. The predicted molar refractivity (Wildman–Crippen MR) is 150 cm³/mol. The maximum atomic E-state index is 12.9. The number of nitrogens with zero attached hydrogens (tertiary/aromatic N) is 1. The molecule has 2 unspecified atom stereocenters. The van der Waals surface area contributed by atoms with E-state index in [0.29, 0.717) is 4.48 Å². The van der Waals surface area contributed by atoms with Gasteiger partial charge in [-0.1, -0.05) is 107 Å². The Hall–Kier alpha value is -2.33. The molecule has 0 saturated heterocycles. The Morgan fingerprint density at radius 3 is 2.11 bits per heavy atom. The second-order valence-corrected chi connectivity index (χ2v) is 10.7. The Kier molecular flexibility index (Phi) is 13.6. The van der Waals surface area contributed by atoms with Crippen LogP contribution in [0, 0.1) is 0 Å². The molecule has 0 N–H and O–H groups in total. The zero-order valence-corrected chi connectivity index (χ0v) is 23.5. The van der Waals surface area contributed by atoms with Crippen molar-refractivity contribution in [1.82, 2.24) is 0 Å². The van der Waals surface area contributed by atoms with Crippen LogP contribution in [-0.2, 0) is 22.5 Å². The first-order valence-electron chi connectivity index (χ1n) is 14.1. The molecule has 0 fully saturated rings. The van der Waals surface area contributed by atoms with Gasteiger partial charge in [-0.05, 0) is 37.8 Å². The molecule has 2 rings (SSSR count). The Morgan fingerprint density at radius 2 is 1.44 bits per heavy atom. The highest BCUT2D eigenvalue weighted by Gasteiger charge is 2.32. The fourth-order valence-corrected chi connectivity index (χ4v) is 4.46. The number of ether oxygens (including phenoxy) is 2. The van der Waals surface area contributed by atoms with Crippen molar-refractivity contribution >= 4 is 5.97 Å². The fraction of sp³-hybridized carbons (Fsp3) is 0.594. The summed E-state index contributed by atoms with van der Waals surface area (Å²) in [5, 5.41) is 0. The maximum absolute atomic E-state index is 12.9. The molecule has 0 amide bonds. The summed E-state index contributed by atoms with van der Waals surface area (Å²) in [5.74, 6) is 0.752. The number of esters is 1. The van der Waals surface area contributed by atoms with Crippen LogP contribution < -0.4 is 4.74 Å². The van der Waals surface area contributed by atoms with Gasteiger partial charge in [0.15, 0.2) is 6.04 Å². The van der Waals surface area contributed by atoms with Crippen molar-refractivity contribution in [2.75, 3.05) is 20.7 Å². The van der Waals surface area contributed by atoms with Crippen LogP contribution >= 0.6 is 0 Å². The van der Waals surface area contributed by atoms with Gasteiger partial charge in [-0.2, -0.15) is 0 Å². The van der Waals surface area contributed by atoms with Crippen LogP contribution in [0.25, 0.3) is 0 Å². The summed E-state index contributed by atoms with van der Waals surface area (Å²) < 4.78 is 12.7. The smallest absolute Gasteiger partial charge is 0.364 e. The van der Waals surface area contributed by atoms with E-state index in [-0.39, 0.29) is 24.7 Å². The number of rotatable bonds is 18. The van der Waals surface area contributed by atoms with Gasteiger partial charge < -0.3 is 14.0 Å². The molecule has 200 valence electrons. The van der Waals surface area contributed by atoms with Gasteiger partial charge in [0.1, 0.15) is 25.0 Å². The first-order valence-corrected chi connectivity index (χ1v) is 14.1. The number of carbonyl (C=O) groups excluding carboxylic acids is 1. The lowest BCUT2D eigenvalue weighted by atomic mass is 10.0. The lowest BCUT2D eigenvalue weighted by Crippen LogP contribution is -2.51. The van der Waals surface area contributed by atoms with Crippen LogP contribution in [0.4, 0.5) is 0 Å². The molecule has 2 atom stereocenters. The van der Waals surface area contributed by atoms with Crippen LogP contribution in [0.5, 0.6) is 5.75 Å². The van der Waals surface area contributed by atoms with Crippen molar-refractivity contribution in [3.8, 4) is 5.75 Å². The molecule has 36 heavy (non-hydrogen) atoms. The monoisotopic (exact) mass is 496 g/mol. The van der Waals surface area contributed by atoms with Gasteiger partial charge in [0, 0.05) is 5.56 Å². The number of likely N-dealkylation sites (N-methyl/N-ethyl adjacent to an activating group) is 1. The average Bonchev–Trinajstić information content (AvgIpc) is 2.88. The molecule has 4 nitrogen and oxygen atoms in total. The van der Waals surface area contributed by atoms with E-state index in [4.69, 9.17) is 9.47 Å². The number of quaternary nitrogens is 1. The minimum absolute atomic E-state index is 0.148. The standard InChI is InChI=1S/C32H50NO3/c1-6-8-9-10-11-12-13-17-22-29-23-18-19-24-31(29)36-30(7-2)26-35-32(34)27(3)33(4,5)25-28-20-15-14-16-21-28/h14-16,18-21,23-24,27,30H,6-13,17,22,25-26H2,1-5H3/q+1. The summed E-state index contributed by atoms with van der Waals surface area (Å²) in [6.45, 7) is 7.35. The summed E-state index contributed by atoms with van der Waals surface area (Å²) in [5.41, 5.74) is 2.47. The van der Waals surface area contributed by atoms with Crippen molar-refractivity contribution in [2.45, 2.75) is 104 Å². The van der Waals surface area contributed by atoms with Crippen molar-refractivity contribution in [2.24, 2.45) is 0 Å². The number of hydrogen-bond donors (Lipinski definition) is 0. The Morgan fingerprint density at radius 1 is 0.833 bits per heavy atom. The van der Waals surface area contributed by atoms with Gasteiger partial charge in [-0.3, -0.25) is 0 Å². The van der Waals surface area contributed by atoms with Gasteiger partial charge in [-0.15, -0.1) is 0 Å². The quantitative estimate of drug-likeness (QED) is 0.120. The van der Waals surface area contributed by atoms with E-state index in [1.54, 1.807) is 0 Å². The van der Waals surface area contributed by atoms with E-state index in [2.05, 4.69) is 52.2 Å². The number of carbonyl (C=O) groups is 1. The molecule has 0 radical (unpaired) electrons. The van der Waals surface area contributed by atoms with Crippen LogP contribution in [0.3, 0.4) is 0 Å². The van der Waals surface area contributed by atoms with E-state index in [1.165, 1.54) is 62.5 Å². The molecule has 0 spiro atoms. The lowest BCUT2D eigenvalue weighted by Gasteiger charge is -2.34. The van der Waals surface area contributed by atoms with Gasteiger partial charge >= 0.3 is 5.97 Å². The lowest BCUT2D eigenvalue weighted by molar-refractivity contribution is -0.917. The van der Waals surface area contributed by atoms with Gasteiger partial charge in [0.05, 0.1) is 14.1 Å². The van der Waals surface area contributed by atoms with Crippen molar-refractivity contribution < 1.29 is 18.8 Å². The predicted octanol–water partition coefficient (Wildman–Crippen LogP) is 7.74. The molecule has 0 bridgehead atoms. The minimum atomic E-state index is -0.267. The SMILES string of the molecule is CCCCCCCCCCc1ccccc1OC(CC)COC(=O)C(C)[N+](C)(C)Cc1ccccc1. The molecule has 2 aromatic carbocycles. The highest BCUT2D eigenvalue weighted by Crippen LogP contribution is 2.23. The zero-order valence-electron chi connectivity index (χ0n) is 23.5. The molecule has 0 aromatic heterocycles. The molecule has 0 saturated carbocycles. The van der Waals surface area contributed by atoms with E-state index in [1.807, 2.05) is 37.3 Å². The first-order chi connectivity index (χ1) is 17.4. The highest BCUT2D eigenvalue weighted by molar-refractivity contribution is 5.74. The fourth-order valence-electron chi connectivity index (χ4n) is 4.46. The molecule has 0 aliphatic heterocycles. The summed E-state index contributed by atoms with van der Waals surface area (Å²) >= 11 is 0. The number of unbranched alkanes of at least 4 members (excludes halogenated alkanes) is 7. The van der Waals surface area contributed by atoms with E-state index in [0.717, 1.165) is 25.1 Å². The second-order valence-electron chi connectivity index (χ2n) is 10.7. The molecule has 2 aromatic rings. The number of hydrogen-bond acceptors (Lipinski definition) is 3.